The Balaban J connectivity index is 2.23. The van der Waals surface area contributed by atoms with Gasteiger partial charge in [-0.15, -0.1) is 11.6 Å². The molecule has 0 fully saturated rings. The highest BCUT2D eigenvalue weighted by Gasteiger charge is 2.15. The molecule has 0 saturated heterocycles. The van der Waals surface area contributed by atoms with Gasteiger partial charge in [0.25, 0.3) is 0 Å². The molecule has 1 unspecified atom stereocenters. The van der Waals surface area contributed by atoms with Crippen molar-refractivity contribution in [3.05, 3.63) is 57.6 Å². The van der Waals surface area contributed by atoms with Crippen molar-refractivity contribution >= 4 is 34.8 Å². The van der Waals surface area contributed by atoms with Crippen LogP contribution in [0.25, 0.3) is 0 Å². The predicted octanol–water partition coefficient (Wildman–Crippen LogP) is 5.53. The van der Waals surface area contributed by atoms with Gasteiger partial charge in [-0.25, -0.2) is 0 Å². The van der Waals surface area contributed by atoms with Gasteiger partial charge in [-0.3, -0.25) is 0 Å². The summed E-state index contributed by atoms with van der Waals surface area (Å²) in [5.74, 6) is 1.43. The number of methoxy groups -OCH3 is 2. The lowest BCUT2D eigenvalue weighted by molar-refractivity contribution is 0.390. The molecule has 0 N–H and O–H groups in total. The highest BCUT2D eigenvalue weighted by Crippen LogP contribution is 2.35. The maximum absolute atomic E-state index is 6.52. The smallest absolute Gasteiger partial charge is 0.127 e. The van der Waals surface area contributed by atoms with Crippen LogP contribution in [-0.4, -0.2) is 14.2 Å². The van der Waals surface area contributed by atoms with Gasteiger partial charge in [0, 0.05) is 11.6 Å². The van der Waals surface area contributed by atoms with Crippen molar-refractivity contribution in [1.82, 2.24) is 0 Å². The van der Waals surface area contributed by atoms with Crippen molar-refractivity contribution in [1.29, 1.82) is 0 Å². The van der Waals surface area contributed by atoms with Crippen molar-refractivity contribution in [2.75, 3.05) is 14.2 Å². The van der Waals surface area contributed by atoms with E-state index in [4.69, 9.17) is 44.3 Å². The molecule has 1 atom stereocenters. The second-order valence-electron chi connectivity index (χ2n) is 4.53. The first-order chi connectivity index (χ1) is 10.0. The Bertz CT molecular complexity index is 629. The lowest BCUT2D eigenvalue weighted by atomic mass is 10.0. The van der Waals surface area contributed by atoms with Gasteiger partial charge in [0.15, 0.2) is 0 Å². The van der Waals surface area contributed by atoms with Gasteiger partial charge in [0.1, 0.15) is 11.5 Å². The van der Waals surface area contributed by atoms with Crippen molar-refractivity contribution in [2.24, 2.45) is 0 Å². The molecule has 0 aliphatic carbocycles. The summed E-state index contributed by atoms with van der Waals surface area (Å²) in [5.41, 5.74) is 1.92. The molecular weight excluding hydrogens is 331 g/mol. The maximum Gasteiger partial charge on any atom is 0.127 e. The zero-order valence-electron chi connectivity index (χ0n) is 11.7. The van der Waals surface area contributed by atoms with Crippen LogP contribution in [0.2, 0.25) is 10.0 Å². The number of benzene rings is 2. The Morgan fingerprint density at radius 3 is 2.33 bits per heavy atom. The van der Waals surface area contributed by atoms with Crippen LogP contribution in [0, 0.1) is 0 Å². The molecule has 0 heterocycles. The van der Waals surface area contributed by atoms with E-state index < -0.39 is 0 Å². The van der Waals surface area contributed by atoms with Crippen LogP contribution in [-0.2, 0) is 6.42 Å². The molecule has 0 bridgehead atoms. The first-order valence-corrected chi connectivity index (χ1v) is 7.54. The zero-order chi connectivity index (χ0) is 15.4. The third kappa shape index (κ3) is 3.97. The summed E-state index contributed by atoms with van der Waals surface area (Å²) in [5, 5.41) is 0.830. The van der Waals surface area contributed by atoms with E-state index in [1.165, 1.54) is 0 Å². The second kappa shape index (κ2) is 7.26. The summed E-state index contributed by atoms with van der Waals surface area (Å²) >= 11 is 18.5. The number of hydrogen-bond donors (Lipinski definition) is 0. The Morgan fingerprint density at radius 1 is 0.952 bits per heavy atom. The van der Waals surface area contributed by atoms with Crippen molar-refractivity contribution in [3.8, 4) is 11.5 Å². The van der Waals surface area contributed by atoms with Crippen LogP contribution < -0.4 is 9.47 Å². The molecule has 112 valence electrons. The predicted molar refractivity (Wildman–Crippen MR) is 88.3 cm³/mol. The molecular formula is C16H15Cl3O2. The SMILES string of the molecule is COc1ccc(C(Cl)Cc2ccc(Cl)c(Cl)c2)c(OC)c1. The zero-order valence-corrected chi connectivity index (χ0v) is 14.0. The minimum Gasteiger partial charge on any atom is -0.497 e. The highest BCUT2D eigenvalue weighted by molar-refractivity contribution is 6.42. The molecule has 0 aromatic heterocycles. The highest BCUT2D eigenvalue weighted by atomic mass is 35.5. The average Bonchev–Trinajstić information content (AvgIpc) is 2.50. The molecule has 0 saturated carbocycles. The van der Waals surface area contributed by atoms with Crippen LogP contribution in [0.1, 0.15) is 16.5 Å². The summed E-state index contributed by atoms with van der Waals surface area (Å²) in [4.78, 5) is 0. The number of alkyl halides is 1. The number of halogens is 3. The first-order valence-electron chi connectivity index (χ1n) is 6.35. The monoisotopic (exact) mass is 344 g/mol. The van der Waals surface area contributed by atoms with E-state index in [1.807, 2.05) is 30.3 Å². The minimum atomic E-state index is -0.233. The molecule has 2 aromatic rings. The molecule has 0 aliphatic heterocycles. The lowest BCUT2D eigenvalue weighted by Gasteiger charge is -2.15. The van der Waals surface area contributed by atoms with Crippen molar-refractivity contribution < 1.29 is 9.47 Å². The minimum absolute atomic E-state index is 0.233. The first kappa shape index (κ1) is 16.3. The lowest BCUT2D eigenvalue weighted by Crippen LogP contribution is -2.00. The van der Waals surface area contributed by atoms with Crippen molar-refractivity contribution in [2.45, 2.75) is 11.8 Å². The molecule has 0 amide bonds. The summed E-state index contributed by atoms with van der Waals surface area (Å²) in [6.07, 6.45) is 0.626. The van der Waals surface area contributed by atoms with Gasteiger partial charge >= 0.3 is 0 Å². The molecule has 0 radical (unpaired) electrons. The van der Waals surface area contributed by atoms with Crippen LogP contribution in [0.5, 0.6) is 11.5 Å². The molecule has 2 nitrogen and oxygen atoms in total. The molecule has 21 heavy (non-hydrogen) atoms. The van der Waals surface area contributed by atoms with Crippen molar-refractivity contribution in [3.63, 3.8) is 0 Å². The van der Waals surface area contributed by atoms with E-state index in [0.717, 1.165) is 16.9 Å². The van der Waals surface area contributed by atoms with E-state index in [1.54, 1.807) is 20.3 Å². The van der Waals surface area contributed by atoms with Gasteiger partial charge in [0.2, 0.25) is 0 Å². The second-order valence-corrected chi connectivity index (χ2v) is 5.87. The summed E-state index contributed by atoms with van der Waals surface area (Å²) in [6, 6.07) is 11.1. The molecule has 0 spiro atoms. The van der Waals surface area contributed by atoms with Gasteiger partial charge in [-0.1, -0.05) is 35.3 Å². The normalized spacial score (nSPS) is 12.0. The van der Waals surface area contributed by atoms with E-state index in [9.17, 15) is 0 Å². The van der Waals surface area contributed by atoms with Gasteiger partial charge < -0.3 is 9.47 Å². The van der Waals surface area contributed by atoms with Crippen LogP contribution >= 0.6 is 34.8 Å². The van der Waals surface area contributed by atoms with E-state index in [-0.39, 0.29) is 5.38 Å². The Hall–Kier alpha value is -1.09. The largest absolute Gasteiger partial charge is 0.497 e. The number of hydrogen-bond acceptors (Lipinski definition) is 2. The van der Waals surface area contributed by atoms with E-state index >= 15 is 0 Å². The Morgan fingerprint density at radius 2 is 1.71 bits per heavy atom. The average molecular weight is 346 g/mol. The summed E-state index contributed by atoms with van der Waals surface area (Å²) in [6.45, 7) is 0. The van der Waals surface area contributed by atoms with Gasteiger partial charge in [-0.2, -0.15) is 0 Å². The quantitative estimate of drug-likeness (QED) is 0.663. The fourth-order valence-electron chi connectivity index (χ4n) is 2.06. The molecule has 2 rings (SSSR count). The molecule has 5 heteroatoms. The fourth-order valence-corrected chi connectivity index (χ4v) is 2.74. The van der Waals surface area contributed by atoms with Crippen LogP contribution in [0.3, 0.4) is 0 Å². The fraction of sp³-hybridized carbons (Fsp3) is 0.250. The summed E-state index contributed by atoms with van der Waals surface area (Å²) in [7, 11) is 3.23. The standard InChI is InChI=1S/C16H15Cl3O2/c1-20-11-4-5-12(16(9-11)21-2)14(18)7-10-3-6-13(17)15(19)8-10/h3-6,8-9,14H,7H2,1-2H3. The van der Waals surface area contributed by atoms with Crippen LogP contribution in [0.4, 0.5) is 0 Å². The number of ether oxygens (including phenoxy) is 2. The van der Waals surface area contributed by atoms with E-state index in [2.05, 4.69) is 0 Å². The van der Waals surface area contributed by atoms with Gasteiger partial charge in [0.05, 0.1) is 29.6 Å². The van der Waals surface area contributed by atoms with E-state index in [0.29, 0.717) is 22.2 Å². The maximum atomic E-state index is 6.52. The summed E-state index contributed by atoms with van der Waals surface area (Å²) < 4.78 is 10.6. The van der Waals surface area contributed by atoms with Gasteiger partial charge in [-0.05, 0) is 30.2 Å². The van der Waals surface area contributed by atoms with Crippen LogP contribution in [0.15, 0.2) is 36.4 Å². The topological polar surface area (TPSA) is 18.5 Å². The third-order valence-electron chi connectivity index (χ3n) is 3.18. The third-order valence-corrected chi connectivity index (χ3v) is 4.31. The number of rotatable bonds is 5. The Kier molecular flexibility index (Phi) is 5.63. The molecule has 0 aliphatic rings. The molecule has 2 aromatic carbocycles. The Labute approximate surface area is 139 Å².